The van der Waals surface area contributed by atoms with Crippen LogP contribution in [0.25, 0.3) is 11.1 Å². The summed E-state index contributed by atoms with van der Waals surface area (Å²) in [6.45, 7) is 0. The third kappa shape index (κ3) is 2.56. The molecule has 0 aliphatic heterocycles. The van der Waals surface area contributed by atoms with Crippen molar-refractivity contribution in [2.45, 2.75) is 0 Å². The Kier molecular flexibility index (Phi) is 3.59. The van der Waals surface area contributed by atoms with Crippen LogP contribution in [-0.2, 0) is 0 Å². The zero-order chi connectivity index (χ0) is 12.4. The second kappa shape index (κ2) is 4.98. The van der Waals surface area contributed by atoms with Gasteiger partial charge in [0.1, 0.15) is 4.47 Å². The molecular formula is C12H7Br2NO2. The van der Waals surface area contributed by atoms with Crippen molar-refractivity contribution < 1.29 is 4.92 Å². The van der Waals surface area contributed by atoms with Crippen LogP contribution in [0, 0.1) is 10.1 Å². The van der Waals surface area contributed by atoms with Crippen LogP contribution in [0.5, 0.6) is 0 Å². The first-order valence-electron chi connectivity index (χ1n) is 4.78. The molecule has 0 aromatic heterocycles. The lowest BCUT2D eigenvalue weighted by Crippen LogP contribution is -1.91. The van der Waals surface area contributed by atoms with Crippen molar-refractivity contribution in [1.82, 2.24) is 0 Å². The fourth-order valence-corrected chi connectivity index (χ4v) is 2.33. The largest absolute Gasteiger partial charge is 0.285 e. The smallest absolute Gasteiger partial charge is 0.258 e. The molecule has 0 amide bonds. The minimum atomic E-state index is -0.402. The number of nitro benzene ring substituents is 1. The predicted octanol–water partition coefficient (Wildman–Crippen LogP) is 4.79. The second-order valence-electron chi connectivity index (χ2n) is 3.41. The van der Waals surface area contributed by atoms with Crippen LogP contribution in [0.4, 0.5) is 5.69 Å². The normalized spacial score (nSPS) is 10.2. The molecule has 0 bridgehead atoms. The molecule has 0 heterocycles. The Balaban J connectivity index is 2.61. The molecule has 0 unspecified atom stereocenters. The maximum absolute atomic E-state index is 10.9. The van der Waals surface area contributed by atoms with Gasteiger partial charge in [-0.3, -0.25) is 10.1 Å². The molecule has 2 rings (SSSR count). The summed E-state index contributed by atoms with van der Waals surface area (Å²) in [4.78, 5) is 10.5. The van der Waals surface area contributed by atoms with Gasteiger partial charge in [0.05, 0.1) is 4.92 Å². The van der Waals surface area contributed by atoms with Crippen molar-refractivity contribution in [3.63, 3.8) is 0 Å². The summed E-state index contributed by atoms with van der Waals surface area (Å²) in [5.41, 5.74) is 1.81. The molecule has 2 aromatic carbocycles. The van der Waals surface area contributed by atoms with Gasteiger partial charge in [-0.05, 0) is 49.1 Å². The van der Waals surface area contributed by atoms with Crippen LogP contribution in [0.2, 0.25) is 0 Å². The first-order chi connectivity index (χ1) is 8.09. The minimum Gasteiger partial charge on any atom is -0.258 e. The Morgan fingerprint density at radius 1 is 1.00 bits per heavy atom. The standard InChI is InChI=1S/C12H7Br2NO2/c13-10-6-9(8-4-2-1-3-5-8)7-11(12(10)14)15(16)17/h1-7H. The molecule has 17 heavy (non-hydrogen) atoms. The minimum absolute atomic E-state index is 0.0539. The molecular weight excluding hydrogens is 350 g/mol. The van der Waals surface area contributed by atoms with E-state index < -0.39 is 4.92 Å². The Bertz CT molecular complexity index is 570. The summed E-state index contributed by atoms with van der Waals surface area (Å²) in [6.07, 6.45) is 0. The van der Waals surface area contributed by atoms with Gasteiger partial charge in [-0.2, -0.15) is 0 Å². The van der Waals surface area contributed by atoms with E-state index in [0.717, 1.165) is 11.1 Å². The lowest BCUT2D eigenvalue weighted by Gasteiger charge is -2.04. The van der Waals surface area contributed by atoms with Crippen LogP contribution >= 0.6 is 31.9 Å². The van der Waals surface area contributed by atoms with Crippen molar-refractivity contribution in [2.24, 2.45) is 0 Å². The van der Waals surface area contributed by atoms with Crippen LogP contribution in [-0.4, -0.2) is 4.92 Å². The molecule has 0 fully saturated rings. The number of nitrogens with zero attached hydrogens (tertiary/aromatic N) is 1. The first kappa shape index (κ1) is 12.3. The van der Waals surface area contributed by atoms with Gasteiger partial charge < -0.3 is 0 Å². The third-order valence-corrected chi connectivity index (χ3v) is 4.30. The number of nitro groups is 1. The number of rotatable bonds is 2. The van der Waals surface area contributed by atoms with Gasteiger partial charge in [0, 0.05) is 10.5 Å². The quantitative estimate of drug-likeness (QED) is 0.573. The van der Waals surface area contributed by atoms with E-state index in [2.05, 4.69) is 31.9 Å². The summed E-state index contributed by atoms with van der Waals surface area (Å²) in [7, 11) is 0. The van der Waals surface area contributed by atoms with Crippen molar-refractivity contribution in [1.29, 1.82) is 0 Å². The number of hydrogen-bond acceptors (Lipinski definition) is 2. The van der Waals surface area contributed by atoms with Crippen LogP contribution < -0.4 is 0 Å². The van der Waals surface area contributed by atoms with E-state index >= 15 is 0 Å². The Hall–Kier alpha value is -1.20. The van der Waals surface area contributed by atoms with Gasteiger partial charge in [-0.25, -0.2) is 0 Å². The highest BCUT2D eigenvalue weighted by Crippen LogP contribution is 2.36. The Morgan fingerprint density at radius 2 is 1.65 bits per heavy atom. The molecule has 86 valence electrons. The fraction of sp³-hybridized carbons (Fsp3) is 0. The zero-order valence-corrected chi connectivity index (χ0v) is 11.7. The van der Waals surface area contributed by atoms with Crippen LogP contribution in [0.1, 0.15) is 0 Å². The van der Waals surface area contributed by atoms with Gasteiger partial charge in [0.15, 0.2) is 0 Å². The molecule has 0 N–H and O–H groups in total. The maximum Gasteiger partial charge on any atom is 0.285 e. The summed E-state index contributed by atoms with van der Waals surface area (Å²) in [5.74, 6) is 0. The highest BCUT2D eigenvalue weighted by Gasteiger charge is 2.16. The average molecular weight is 357 g/mol. The highest BCUT2D eigenvalue weighted by molar-refractivity contribution is 9.13. The number of benzene rings is 2. The van der Waals surface area contributed by atoms with Gasteiger partial charge in [-0.15, -0.1) is 0 Å². The summed E-state index contributed by atoms with van der Waals surface area (Å²) in [5, 5.41) is 10.9. The van der Waals surface area contributed by atoms with Gasteiger partial charge >= 0.3 is 0 Å². The molecule has 5 heteroatoms. The van der Waals surface area contributed by atoms with Gasteiger partial charge in [-0.1, -0.05) is 30.3 Å². The fourth-order valence-electron chi connectivity index (χ4n) is 1.50. The molecule has 0 aliphatic rings. The molecule has 0 aliphatic carbocycles. The Labute approximate surface area is 115 Å². The van der Waals surface area contributed by atoms with E-state index in [0.29, 0.717) is 8.95 Å². The summed E-state index contributed by atoms with van der Waals surface area (Å²) >= 11 is 6.51. The number of halogens is 2. The van der Waals surface area contributed by atoms with E-state index in [1.807, 2.05) is 36.4 Å². The number of hydrogen-bond donors (Lipinski definition) is 0. The topological polar surface area (TPSA) is 43.1 Å². The maximum atomic E-state index is 10.9. The molecule has 0 saturated heterocycles. The molecule has 0 atom stereocenters. The van der Waals surface area contributed by atoms with Crippen molar-refractivity contribution in [3.05, 3.63) is 61.5 Å². The molecule has 0 spiro atoms. The average Bonchev–Trinajstić information content (AvgIpc) is 2.33. The Morgan fingerprint density at radius 3 is 2.24 bits per heavy atom. The van der Waals surface area contributed by atoms with E-state index in [1.54, 1.807) is 6.07 Å². The van der Waals surface area contributed by atoms with Crippen molar-refractivity contribution in [3.8, 4) is 11.1 Å². The highest BCUT2D eigenvalue weighted by atomic mass is 79.9. The summed E-state index contributed by atoms with van der Waals surface area (Å²) < 4.78 is 1.13. The van der Waals surface area contributed by atoms with Crippen LogP contribution in [0.15, 0.2) is 51.4 Å². The van der Waals surface area contributed by atoms with Gasteiger partial charge in [0.25, 0.3) is 5.69 Å². The van der Waals surface area contributed by atoms with E-state index in [1.165, 1.54) is 0 Å². The molecule has 2 aromatic rings. The van der Waals surface area contributed by atoms with Crippen LogP contribution in [0.3, 0.4) is 0 Å². The molecule has 0 saturated carbocycles. The van der Waals surface area contributed by atoms with Gasteiger partial charge in [0.2, 0.25) is 0 Å². The first-order valence-corrected chi connectivity index (χ1v) is 6.37. The predicted molar refractivity (Wildman–Crippen MR) is 73.9 cm³/mol. The lowest BCUT2D eigenvalue weighted by molar-refractivity contribution is -0.385. The SMILES string of the molecule is O=[N+]([O-])c1cc(-c2ccccc2)cc(Br)c1Br. The molecule has 0 radical (unpaired) electrons. The molecule has 3 nitrogen and oxygen atoms in total. The monoisotopic (exact) mass is 355 g/mol. The summed E-state index contributed by atoms with van der Waals surface area (Å²) in [6, 6.07) is 13.0. The lowest BCUT2D eigenvalue weighted by atomic mass is 10.1. The second-order valence-corrected chi connectivity index (χ2v) is 5.06. The van der Waals surface area contributed by atoms with E-state index in [4.69, 9.17) is 0 Å². The zero-order valence-electron chi connectivity index (χ0n) is 8.56. The third-order valence-electron chi connectivity index (χ3n) is 2.31. The van der Waals surface area contributed by atoms with E-state index in [-0.39, 0.29) is 5.69 Å². The van der Waals surface area contributed by atoms with Crippen molar-refractivity contribution in [2.75, 3.05) is 0 Å². The van der Waals surface area contributed by atoms with E-state index in [9.17, 15) is 10.1 Å². The van der Waals surface area contributed by atoms with Crippen molar-refractivity contribution >= 4 is 37.5 Å².